The third kappa shape index (κ3) is 1.53. The Balaban J connectivity index is 3.04. The van der Waals surface area contributed by atoms with E-state index in [4.69, 9.17) is 10.2 Å². The summed E-state index contributed by atoms with van der Waals surface area (Å²) in [5.74, 6) is -0.0553. The van der Waals surface area contributed by atoms with E-state index in [9.17, 15) is 0 Å². The fraction of sp³-hybridized carbons (Fsp3) is 0.143. The quantitative estimate of drug-likeness (QED) is 0.344. The minimum atomic E-state index is -0.0405. The van der Waals surface area contributed by atoms with E-state index >= 15 is 0 Å². The number of aromatic hydroxyl groups is 2. The van der Waals surface area contributed by atoms with E-state index in [-0.39, 0.29) is 32.7 Å². The van der Waals surface area contributed by atoms with E-state index < -0.39 is 0 Å². The number of hydrogen-bond acceptors (Lipinski definition) is 2. The maximum atomic E-state index is 9.00. The molecule has 0 aliphatic carbocycles. The van der Waals surface area contributed by atoms with E-state index in [2.05, 4.69) is 4.93 Å². The van der Waals surface area contributed by atoms with Gasteiger partial charge in [-0.25, -0.2) is 0 Å². The predicted molar refractivity (Wildman–Crippen MR) is 34.4 cm³/mol. The molecule has 1 rings (SSSR count). The van der Waals surface area contributed by atoms with Crippen molar-refractivity contribution in [2.45, 2.75) is 0 Å². The molecule has 56 valence electrons. The van der Waals surface area contributed by atoms with Crippen molar-refractivity contribution in [3.63, 3.8) is 0 Å². The van der Waals surface area contributed by atoms with Gasteiger partial charge in [0.05, 0.1) is 0 Å². The normalized spacial score (nSPS) is 10.1. The predicted octanol–water partition coefficient (Wildman–Crippen LogP) is -2.01. The number of phenols is 2. The van der Waals surface area contributed by atoms with Crippen LogP contribution in [0.3, 0.4) is 0 Å². The van der Waals surface area contributed by atoms with Gasteiger partial charge in [-0.05, 0) is 0 Å². The van der Waals surface area contributed by atoms with Crippen LogP contribution in [0, 0.1) is 3.57 Å². The standard InChI is InChI=1S/C7H8IO2/c1-8-5-2-3-6(9)7(10)4-5/h2-4,9-10H,1H3/q-1. The SMILES string of the molecule is C[I-]c1ccc(O)c(O)c1. The second-order valence-corrected chi connectivity index (χ2v) is 4.15. The van der Waals surface area contributed by atoms with Crippen LogP contribution in [0.25, 0.3) is 0 Å². The molecule has 10 heavy (non-hydrogen) atoms. The summed E-state index contributed by atoms with van der Waals surface area (Å²) in [6.07, 6.45) is 0. The Hall–Kier alpha value is -0.450. The summed E-state index contributed by atoms with van der Waals surface area (Å²) in [4.78, 5) is 2.10. The first-order valence-electron chi connectivity index (χ1n) is 2.75. The molecule has 0 unspecified atom stereocenters. The Morgan fingerprint density at radius 2 is 1.90 bits per heavy atom. The number of hydrogen-bond donors (Lipinski definition) is 2. The molecule has 0 amide bonds. The van der Waals surface area contributed by atoms with E-state index in [0.717, 1.165) is 3.57 Å². The summed E-state index contributed by atoms with van der Waals surface area (Å²) >= 11 is 0.00869. The van der Waals surface area contributed by atoms with Gasteiger partial charge in [-0.3, -0.25) is 0 Å². The van der Waals surface area contributed by atoms with Crippen molar-refractivity contribution >= 4 is 0 Å². The van der Waals surface area contributed by atoms with Crippen LogP contribution in [0.4, 0.5) is 0 Å². The molecular formula is C7H8IO2-. The summed E-state index contributed by atoms with van der Waals surface area (Å²) in [5.41, 5.74) is 0. The molecule has 0 aliphatic rings. The topological polar surface area (TPSA) is 40.5 Å². The number of halogens is 1. The molecule has 0 bridgehead atoms. The van der Waals surface area contributed by atoms with Crippen LogP contribution in [0.15, 0.2) is 18.2 Å². The average molecular weight is 251 g/mol. The third-order valence-electron chi connectivity index (χ3n) is 1.16. The van der Waals surface area contributed by atoms with Crippen LogP contribution in [0.2, 0.25) is 0 Å². The van der Waals surface area contributed by atoms with Gasteiger partial charge in [0.1, 0.15) is 0 Å². The number of rotatable bonds is 1. The van der Waals surface area contributed by atoms with E-state index in [1.807, 2.05) is 6.07 Å². The minimum absolute atomic E-state index is 0.00869. The summed E-state index contributed by atoms with van der Waals surface area (Å²) in [5, 5.41) is 17.9. The van der Waals surface area contributed by atoms with Gasteiger partial charge in [0.25, 0.3) is 0 Å². The monoisotopic (exact) mass is 251 g/mol. The number of benzene rings is 1. The Morgan fingerprint density at radius 3 is 2.40 bits per heavy atom. The number of alkyl halides is 1. The van der Waals surface area contributed by atoms with Gasteiger partial charge in [0.15, 0.2) is 0 Å². The zero-order chi connectivity index (χ0) is 7.56. The first-order valence-corrected chi connectivity index (χ1v) is 5.99. The van der Waals surface area contributed by atoms with Crippen molar-refractivity contribution in [2.75, 3.05) is 4.93 Å². The van der Waals surface area contributed by atoms with Crippen molar-refractivity contribution in [1.29, 1.82) is 0 Å². The molecule has 2 nitrogen and oxygen atoms in total. The summed E-state index contributed by atoms with van der Waals surface area (Å²) in [7, 11) is 0. The fourth-order valence-electron chi connectivity index (χ4n) is 0.614. The van der Waals surface area contributed by atoms with Crippen molar-refractivity contribution in [3.8, 4) is 11.5 Å². The van der Waals surface area contributed by atoms with E-state index in [0.29, 0.717) is 0 Å². The zero-order valence-corrected chi connectivity index (χ0v) is 7.66. The van der Waals surface area contributed by atoms with Crippen LogP contribution < -0.4 is 21.2 Å². The molecule has 0 saturated carbocycles. The van der Waals surface area contributed by atoms with E-state index in [1.54, 1.807) is 6.07 Å². The molecule has 1 aromatic carbocycles. The van der Waals surface area contributed by atoms with Crippen LogP contribution >= 0.6 is 0 Å². The first-order chi connectivity index (χ1) is 4.74. The Labute approximate surface area is 69.8 Å². The van der Waals surface area contributed by atoms with Crippen LogP contribution in [0.1, 0.15) is 0 Å². The van der Waals surface area contributed by atoms with Crippen molar-refractivity contribution < 1.29 is 31.4 Å². The van der Waals surface area contributed by atoms with Crippen molar-refractivity contribution in [1.82, 2.24) is 0 Å². The van der Waals surface area contributed by atoms with Gasteiger partial charge < -0.3 is 0 Å². The zero-order valence-electron chi connectivity index (χ0n) is 5.50. The molecule has 0 radical (unpaired) electrons. The molecule has 0 spiro atoms. The summed E-state index contributed by atoms with van der Waals surface area (Å²) in [6.45, 7) is 0. The van der Waals surface area contributed by atoms with E-state index in [1.165, 1.54) is 6.07 Å². The molecule has 0 saturated heterocycles. The van der Waals surface area contributed by atoms with Gasteiger partial charge in [0.2, 0.25) is 0 Å². The molecule has 1 aromatic rings. The summed E-state index contributed by atoms with van der Waals surface area (Å²) < 4.78 is 1.13. The average Bonchev–Trinajstić information content (AvgIpc) is 1.95. The molecule has 0 aliphatic heterocycles. The molecule has 0 fully saturated rings. The van der Waals surface area contributed by atoms with Gasteiger partial charge in [-0.1, -0.05) is 0 Å². The van der Waals surface area contributed by atoms with Gasteiger partial charge in [0, 0.05) is 0 Å². The van der Waals surface area contributed by atoms with Gasteiger partial charge in [-0.15, -0.1) is 0 Å². The molecule has 0 heterocycles. The molecule has 3 heteroatoms. The van der Waals surface area contributed by atoms with Crippen molar-refractivity contribution in [2.24, 2.45) is 0 Å². The van der Waals surface area contributed by atoms with Gasteiger partial charge in [-0.2, -0.15) is 0 Å². The maximum absolute atomic E-state index is 9.00. The van der Waals surface area contributed by atoms with Crippen molar-refractivity contribution in [3.05, 3.63) is 21.8 Å². The Bertz CT molecular complexity index is 235. The second-order valence-electron chi connectivity index (χ2n) is 1.82. The second kappa shape index (κ2) is 3.09. The molecular weight excluding hydrogens is 243 g/mol. The molecule has 0 atom stereocenters. The molecule has 2 N–H and O–H groups in total. The summed E-state index contributed by atoms with van der Waals surface area (Å²) in [6, 6.07) is 4.97. The van der Waals surface area contributed by atoms with Gasteiger partial charge >= 0.3 is 69.6 Å². The Kier molecular flexibility index (Phi) is 2.37. The van der Waals surface area contributed by atoms with Crippen LogP contribution in [0.5, 0.6) is 11.5 Å². The fourth-order valence-corrected chi connectivity index (χ4v) is 1.76. The number of phenolic OH excluding ortho intramolecular Hbond substituents is 2. The first kappa shape index (κ1) is 7.65. The third-order valence-corrected chi connectivity index (χ3v) is 3.07. The molecule has 0 aromatic heterocycles. The van der Waals surface area contributed by atoms with Crippen LogP contribution in [-0.4, -0.2) is 15.1 Å². The Morgan fingerprint density at radius 1 is 1.20 bits per heavy atom. The van der Waals surface area contributed by atoms with Crippen LogP contribution in [-0.2, 0) is 0 Å².